The molecule has 0 amide bonds. The Morgan fingerprint density at radius 2 is 2.00 bits per heavy atom. The van der Waals surface area contributed by atoms with Crippen molar-refractivity contribution in [1.29, 1.82) is 0 Å². The molecule has 3 nitrogen and oxygen atoms in total. The summed E-state index contributed by atoms with van der Waals surface area (Å²) in [4.78, 5) is 29.1. The van der Waals surface area contributed by atoms with E-state index < -0.39 is 5.92 Å². The number of hydrogen-bond acceptors (Lipinski definition) is 3. The summed E-state index contributed by atoms with van der Waals surface area (Å²) in [5.74, 6) is -0.416. The van der Waals surface area contributed by atoms with Crippen molar-refractivity contribution < 1.29 is 9.59 Å². The summed E-state index contributed by atoms with van der Waals surface area (Å²) in [6.07, 6.45) is 3.60. The van der Waals surface area contributed by atoms with Gasteiger partial charge in [-0.3, -0.25) is 14.6 Å². The minimum atomic E-state index is -0.554. The van der Waals surface area contributed by atoms with E-state index in [1.54, 1.807) is 0 Å². The predicted molar refractivity (Wildman–Crippen MR) is 78.6 cm³/mol. The second-order valence-corrected chi connectivity index (χ2v) is 6.70. The zero-order valence-electron chi connectivity index (χ0n) is 13.0. The van der Waals surface area contributed by atoms with Gasteiger partial charge in [0.2, 0.25) is 0 Å². The molecule has 1 aliphatic carbocycles. The number of carbonyl (C=O) groups is 2. The zero-order valence-corrected chi connectivity index (χ0v) is 13.0. The molecule has 0 bridgehead atoms. The second-order valence-electron chi connectivity index (χ2n) is 6.70. The Kier molecular flexibility index (Phi) is 5.45. The molecular weight excluding hydrogens is 238 g/mol. The average Bonchev–Trinajstić information content (AvgIpc) is 2.22. The Hall–Kier alpha value is -0.990. The van der Waals surface area contributed by atoms with Crippen LogP contribution in [-0.2, 0) is 9.59 Å². The van der Waals surface area contributed by atoms with Gasteiger partial charge in [0.15, 0.2) is 0 Å². The van der Waals surface area contributed by atoms with Crippen molar-refractivity contribution in [3.05, 3.63) is 0 Å². The van der Waals surface area contributed by atoms with Crippen molar-refractivity contribution in [3.63, 3.8) is 0 Å². The monoisotopic (exact) mass is 265 g/mol. The molecule has 3 heteroatoms. The Labute approximate surface area is 116 Å². The maximum atomic E-state index is 12.3. The van der Waals surface area contributed by atoms with E-state index in [9.17, 15) is 9.59 Å². The Morgan fingerprint density at radius 3 is 2.53 bits per heavy atom. The molecule has 19 heavy (non-hydrogen) atoms. The zero-order chi connectivity index (χ0) is 14.6. The summed E-state index contributed by atoms with van der Waals surface area (Å²) in [6, 6.07) is 0.137. The number of Topliss-reactive ketones (excluding diaryl/α,β-unsaturated/α-hetero) is 2. The molecule has 0 N–H and O–H groups in total. The SMILES string of the molecule is CCCCC(=O)[C@H]1C(=O)CC(C)(C)CC1=NC(C)C. The third-order valence-corrected chi connectivity index (χ3v) is 3.49. The molecule has 1 fully saturated rings. The molecule has 0 unspecified atom stereocenters. The van der Waals surface area contributed by atoms with Crippen LogP contribution in [0.4, 0.5) is 0 Å². The number of rotatable bonds is 5. The van der Waals surface area contributed by atoms with Crippen LogP contribution in [0.2, 0.25) is 0 Å². The molecule has 0 aromatic carbocycles. The van der Waals surface area contributed by atoms with Crippen LogP contribution in [0, 0.1) is 11.3 Å². The fraction of sp³-hybridized carbons (Fsp3) is 0.812. The molecule has 0 saturated heterocycles. The Balaban J connectivity index is 2.97. The first kappa shape index (κ1) is 16.1. The first-order valence-corrected chi connectivity index (χ1v) is 7.39. The average molecular weight is 265 g/mol. The highest BCUT2D eigenvalue weighted by Gasteiger charge is 2.41. The van der Waals surface area contributed by atoms with E-state index in [2.05, 4.69) is 25.8 Å². The van der Waals surface area contributed by atoms with Crippen LogP contribution >= 0.6 is 0 Å². The lowest BCUT2D eigenvalue weighted by atomic mass is 9.69. The minimum absolute atomic E-state index is 0.0632. The second kappa shape index (κ2) is 6.44. The summed E-state index contributed by atoms with van der Waals surface area (Å²) in [5, 5.41) is 0. The molecule has 1 atom stereocenters. The first-order valence-electron chi connectivity index (χ1n) is 7.39. The Morgan fingerprint density at radius 1 is 1.37 bits per heavy atom. The number of ketones is 2. The lowest BCUT2D eigenvalue weighted by molar-refractivity contribution is -0.132. The molecule has 0 aromatic heterocycles. The topological polar surface area (TPSA) is 46.5 Å². The van der Waals surface area contributed by atoms with Crippen molar-refractivity contribution in [2.24, 2.45) is 16.3 Å². The molecule has 0 aromatic rings. The summed E-state index contributed by atoms with van der Waals surface area (Å²) in [6.45, 7) is 10.2. The van der Waals surface area contributed by atoms with E-state index in [4.69, 9.17) is 0 Å². The molecule has 1 aliphatic rings. The van der Waals surface area contributed by atoms with Crippen molar-refractivity contribution in [3.8, 4) is 0 Å². The van der Waals surface area contributed by atoms with Gasteiger partial charge in [-0.25, -0.2) is 0 Å². The standard InChI is InChI=1S/C16H27NO2/c1-6-7-8-13(18)15-12(17-11(2)3)9-16(4,5)10-14(15)19/h11,15H,6-10H2,1-5H3/t15-/m0/s1. The Bertz CT molecular complexity index is 380. The summed E-state index contributed by atoms with van der Waals surface area (Å²) < 4.78 is 0. The molecule has 0 heterocycles. The van der Waals surface area contributed by atoms with Crippen molar-refractivity contribution in [2.45, 2.75) is 72.8 Å². The van der Waals surface area contributed by atoms with Gasteiger partial charge in [0.05, 0.1) is 0 Å². The van der Waals surface area contributed by atoms with Crippen LogP contribution in [0.15, 0.2) is 4.99 Å². The molecule has 0 spiro atoms. The highest BCUT2D eigenvalue weighted by molar-refractivity contribution is 6.22. The van der Waals surface area contributed by atoms with Gasteiger partial charge in [0.25, 0.3) is 0 Å². The van der Waals surface area contributed by atoms with Crippen molar-refractivity contribution in [1.82, 2.24) is 0 Å². The van der Waals surface area contributed by atoms with Crippen LogP contribution in [0.25, 0.3) is 0 Å². The van der Waals surface area contributed by atoms with Crippen LogP contribution in [-0.4, -0.2) is 23.3 Å². The maximum absolute atomic E-state index is 12.3. The normalized spacial score (nSPS) is 25.1. The van der Waals surface area contributed by atoms with E-state index in [0.29, 0.717) is 12.8 Å². The van der Waals surface area contributed by atoms with Crippen molar-refractivity contribution >= 4 is 17.3 Å². The van der Waals surface area contributed by atoms with Gasteiger partial charge >= 0.3 is 0 Å². The van der Waals surface area contributed by atoms with Gasteiger partial charge in [-0.15, -0.1) is 0 Å². The van der Waals surface area contributed by atoms with Crippen LogP contribution in [0.1, 0.15) is 66.7 Å². The van der Waals surface area contributed by atoms with E-state index in [1.165, 1.54) is 0 Å². The molecule has 108 valence electrons. The maximum Gasteiger partial charge on any atom is 0.149 e. The molecule has 0 radical (unpaired) electrons. The van der Waals surface area contributed by atoms with E-state index in [1.807, 2.05) is 13.8 Å². The van der Waals surface area contributed by atoms with Crippen molar-refractivity contribution in [2.75, 3.05) is 0 Å². The summed E-state index contributed by atoms with van der Waals surface area (Å²) >= 11 is 0. The van der Waals surface area contributed by atoms with Gasteiger partial charge < -0.3 is 0 Å². The van der Waals surface area contributed by atoms with Crippen LogP contribution in [0.5, 0.6) is 0 Å². The summed E-state index contributed by atoms with van der Waals surface area (Å²) in [7, 11) is 0. The fourth-order valence-electron chi connectivity index (χ4n) is 2.73. The van der Waals surface area contributed by atoms with Crippen LogP contribution < -0.4 is 0 Å². The number of unbranched alkanes of at least 4 members (excludes halogenated alkanes) is 1. The van der Waals surface area contributed by atoms with E-state index in [-0.39, 0.29) is 23.0 Å². The van der Waals surface area contributed by atoms with E-state index >= 15 is 0 Å². The third-order valence-electron chi connectivity index (χ3n) is 3.49. The predicted octanol–water partition coefficient (Wildman–Crippen LogP) is 3.60. The summed E-state index contributed by atoms with van der Waals surface area (Å²) in [5.41, 5.74) is 0.754. The first-order chi connectivity index (χ1) is 8.76. The number of carbonyl (C=O) groups excluding carboxylic acids is 2. The smallest absolute Gasteiger partial charge is 0.149 e. The van der Waals surface area contributed by atoms with Crippen LogP contribution in [0.3, 0.4) is 0 Å². The molecular formula is C16H27NO2. The van der Waals surface area contributed by atoms with Gasteiger partial charge in [-0.05, 0) is 32.1 Å². The van der Waals surface area contributed by atoms with Gasteiger partial charge in [0.1, 0.15) is 17.5 Å². The third kappa shape index (κ3) is 4.55. The number of hydrogen-bond donors (Lipinski definition) is 0. The highest BCUT2D eigenvalue weighted by atomic mass is 16.2. The van der Waals surface area contributed by atoms with Gasteiger partial charge in [-0.1, -0.05) is 27.2 Å². The largest absolute Gasteiger partial charge is 0.298 e. The van der Waals surface area contributed by atoms with Gasteiger partial charge in [-0.2, -0.15) is 0 Å². The molecule has 1 saturated carbocycles. The lowest BCUT2D eigenvalue weighted by Crippen LogP contribution is -2.42. The number of nitrogens with zero attached hydrogens (tertiary/aromatic N) is 1. The highest BCUT2D eigenvalue weighted by Crippen LogP contribution is 2.35. The molecule has 0 aliphatic heterocycles. The quantitative estimate of drug-likeness (QED) is 0.713. The molecule has 1 rings (SSSR count). The lowest BCUT2D eigenvalue weighted by Gasteiger charge is -2.34. The fourth-order valence-corrected chi connectivity index (χ4v) is 2.73. The van der Waals surface area contributed by atoms with Gasteiger partial charge in [0, 0.05) is 24.6 Å². The van der Waals surface area contributed by atoms with E-state index in [0.717, 1.165) is 25.0 Å². The minimum Gasteiger partial charge on any atom is -0.298 e. The number of aliphatic imine (C=N–C) groups is 1.